The summed E-state index contributed by atoms with van der Waals surface area (Å²) in [5, 5.41) is 14.9. The minimum absolute atomic E-state index is 0.0892. The average Bonchev–Trinajstić information content (AvgIpc) is 3.75. The van der Waals surface area contributed by atoms with Gasteiger partial charge in [-0.2, -0.15) is 0 Å². The van der Waals surface area contributed by atoms with Gasteiger partial charge in [0, 0.05) is 78.6 Å². The normalized spacial score (nSPS) is 13.2. The van der Waals surface area contributed by atoms with E-state index in [0.29, 0.717) is 75.3 Å². The molecule has 6 aromatic rings. The second-order valence-electron chi connectivity index (χ2n) is 16.5. The van der Waals surface area contributed by atoms with Gasteiger partial charge in [-0.3, -0.25) is 24.6 Å². The molecule has 0 atom stereocenters. The second-order valence-corrected chi connectivity index (χ2v) is 17.6. The van der Waals surface area contributed by atoms with Crippen LogP contribution in [0.2, 0.25) is 0 Å². The third-order valence-corrected chi connectivity index (χ3v) is 12.4. The van der Waals surface area contributed by atoms with E-state index < -0.39 is 12.5 Å². The first-order chi connectivity index (χ1) is 33.4. The van der Waals surface area contributed by atoms with Crippen LogP contribution >= 0.6 is 11.3 Å². The van der Waals surface area contributed by atoms with E-state index >= 15 is 0 Å². The van der Waals surface area contributed by atoms with Crippen molar-refractivity contribution in [2.24, 2.45) is 0 Å². The van der Waals surface area contributed by atoms with E-state index in [1.54, 1.807) is 89.8 Å². The van der Waals surface area contributed by atoms with Gasteiger partial charge in [-0.1, -0.05) is 30.3 Å². The van der Waals surface area contributed by atoms with Gasteiger partial charge in [0.1, 0.15) is 5.56 Å². The summed E-state index contributed by atoms with van der Waals surface area (Å²) in [6.07, 6.45) is -0.872. The van der Waals surface area contributed by atoms with Crippen molar-refractivity contribution in [3.63, 3.8) is 0 Å². The molecule has 0 fully saturated rings. The Bertz CT molecular complexity index is 2920. The number of hydrogen-bond acceptors (Lipinski definition) is 10. The van der Waals surface area contributed by atoms with Gasteiger partial charge in [-0.05, 0) is 119 Å². The molecule has 1 aromatic heterocycles. The number of carbonyl (C=O) groups is 4. The molecule has 5 aromatic carbocycles. The minimum atomic E-state index is -2.41. The Balaban J connectivity index is 0.762. The molecule has 0 aliphatic carbocycles. The summed E-state index contributed by atoms with van der Waals surface area (Å²) in [4.78, 5) is 66.0. The van der Waals surface area contributed by atoms with Crippen LogP contribution in [0.25, 0.3) is 4.85 Å². The smallest absolute Gasteiger partial charge is 0.405 e. The van der Waals surface area contributed by atoms with Crippen molar-refractivity contribution < 1.29 is 37.4 Å². The maximum absolute atomic E-state index is 13.2. The number of ether oxygens (including phenoxy) is 2. The molecule has 2 aliphatic heterocycles. The third kappa shape index (κ3) is 13.0. The van der Waals surface area contributed by atoms with Crippen LogP contribution in [-0.2, 0) is 39.0 Å². The number of methoxy groups -OCH3 is 1. The maximum atomic E-state index is 13.2. The first-order valence-electron chi connectivity index (χ1n) is 22.2. The molecule has 18 heteroatoms. The van der Waals surface area contributed by atoms with E-state index in [0.717, 1.165) is 41.9 Å². The standard InChI is InChI=1S/C51H49F2N9O6S/c1-61-19-18-42-45(29-61)69-51(59-42)60-49(65)37-8-4-6-34(22-37)27-56-50(66)58-40-13-9-32(10-14-40)25-54-31-68-43-16-12-38(24-44(43)67-2)47(63)55-26-33-5-3-7-36(21-33)48(64)57-41-15-11-35-17-20-62(30-46(52)53)28-39(35)23-41/h3-16,21-24,46H,17-20,26-31H2,1-2H3,(H4,55,56,57,59,60,63,64,65,66)/p+1. The number of nitrogens with zero attached hydrogens (tertiary/aromatic N) is 4. The number of anilines is 3. The van der Waals surface area contributed by atoms with E-state index in [4.69, 9.17) is 9.47 Å². The first-order valence-corrected chi connectivity index (χ1v) is 23.0. The number of carbonyl (C=O) groups excluding carboxylic acids is 4. The molecule has 2 aliphatic rings. The SMILES string of the molecule is COc1cc(C(=O)NCc2cccc(C(=O)Nc3ccc4c(c3)CN(CC(F)F)CC4)c2)ccc1OC[N+]#Cc1ccc(NC(=O)NCc2cccc(C(=O)Nc3nc4c(s3)CN(C)CC4)c2)cc1. The third-order valence-electron chi connectivity index (χ3n) is 11.4. The molecular weight excluding hydrogens is 905 g/mol. The maximum Gasteiger partial charge on any atom is 0.405 e. The van der Waals surface area contributed by atoms with Gasteiger partial charge in [0.2, 0.25) is 0 Å². The first kappa shape index (κ1) is 47.8. The Morgan fingerprint density at radius 2 is 1.45 bits per heavy atom. The van der Waals surface area contributed by atoms with Crippen molar-refractivity contribution in [1.82, 2.24) is 25.4 Å². The van der Waals surface area contributed by atoms with E-state index in [9.17, 15) is 28.0 Å². The molecule has 0 radical (unpaired) electrons. The monoisotopic (exact) mass is 954 g/mol. The van der Waals surface area contributed by atoms with Crippen molar-refractivity contribution in [1.29, 1.82) is 0 Å². The molecule has 354 valence electrons. The molecule has 5 N–H and O–H groups in total. The Kier molecular flexibility index (Phi) is 15.5. The van der Waals surface area contributed by atoms with Gasteiger partial charge in [-0.25, -0.2) is 18.6 Å². The van der Waals surface area contributed by atoms with Crippen LogP contribution in [0.15, 0.2) is 109 Å². The van der Waals surface area contributed by atoms with Crippen LogP contribution < -0.4 is 36.1 Å². The van der Waals surface area contributed by atoms with Crippen molar-refractivity contribution in [2.75, 3.05) is 56.5 Å². The van der Waals surface area contributed by atoms with Crippen LogP contribution in [0.4, 0.5) is 30.1 Å². The number of thiazole rings is 1. The van der Waals surface area contributed by atoms with Gasteiger partial charge in [-0.15, -0.1) is 11.3 Å². The Hall–Kier alpha value is -7.72. The van der Waals surface area contributed by atoms with Gasteiger partial charge >= 0.3 is 18.8 Å². The molecule has 0 saturated heterocycles. The number of nitrogens with one attached hydrogen (secondary N) is 5. The fourth-order valence-corrected chi connectivity index (χ4v) is 8.95. The van der Waals surface area contributed by atoms with Gasteiger partial charge in [0.05, 0.1) is 19.3 Å². The lowest BCUT2D eigenvalue weighted by Crippen LogP contribution is -2.34. The number of halogens is 2. The summed E-state index contributed by atoms with van der Waals surface area (Å²) >= 11 is 1.50. The van der Waals surface area contributed by atoms with Crippen molar-refractivity contribution in [2.45, 2.75) is 45.4 Å². The van der Waals surface area contributed by atoms with Crippen molar-refractivity contribution in [3.8, 4) is 17.6 Å². The highest BCUT2D eigenvalue weighted by atomic mass is 32.1. The fraction of sp³-hybridized carbons (Fsp3) is 0.255. The summed E-state index contributed by atoms with van der Waals surface area (Å²) < 4.78 is 37.2. The molecule has 0 bridgehead atoms. The minimum Gasteiger partial charge on any atom is -0.493 e. The number of aromatic nitrogens is 1. The van der Waals surface area contributed by atoms with Crippen LogP contribution in [-0.4, -0.2) is 85.5 Å². The zero-order valence-electron chi connectivity index (χ0n) is 37.9. The molecular formula is C51H50F2N9O6S+. The number of fused-ring (bicyclic) bond motifs is 2. The molecule has 5 amide bonds. The molecule has 69 heavy (non-hydrogen) atoms. The largest absolute Gasteiger partial charge is 0.493 e. The Morgan fingerprint density at radius 1 is 0.739 bits per heavy atom. The van der Waals surface area contributed by atoms with Crippen LogP contribution in [0.1, 0.15) is 69.5 Å². The Morgan fingerprint density at radius 3 is 2.19 bits per heavy atom. The molecule has 0 spiro atoms. The van der Waals surface area contributed by atoms with Crippen LogP contribution in [0, 0.1) is 6.07 Å². The number of urea groups is 1. The van der Waals surface area contributed by atoms with E-state index in [2.05, 4.69) is 54.4 Å². The zero-order valence-corrected chi connectivity index (χ0v) is 38.8. The number of alkyl halides is 2. The van der Waals surface area contributed by atoms with E-state index in [1.807, 2.05) is 24.3 Å². The topological polar surface area (TPSA) is 171 Å². The lowest BCUT2D eigenvalue weighted by Gasteiger charge is -2.28. The number of rotatable bonds is 15. The number of likely N-dealkylation sites (N-methyl/N-ethyl adjacent to an activating group) is 1. The molecule has 0 unspecified atom stereocenters. The zero-order chi connectivity index (χ0) is 48.3. The molecule has 8 rings (SSSR count). The molecule has 15 nitrogen and oxygen atoms in total. The summed E-state index contributed by atoms with van der Waals surface area (Å²) in [5.74, 6) is -0.271. The lowest BCUT2D eigenvalue weighted by atomic mass is 9.99. The number of hydrogen-bond donors (Lipinski definition) is 5. The Labute approximate surface area is 401 Å². The summed E-state index contributed by atoms with van der Waals surface area (Å²) in [7, 11) is 3.53. The molecule has 0 saturated carbocycles. The second kappa shape index (κ2) is 22.4. The van der Waals surface area contributed by atoms with E-state index in [-0.39, 0.29) is 44.1 Å². The average molecular weight is 955 g/mol. The van der Waals surface area contributed by atoms with Crippen LogP contribution in [0.5, 0.6) is 11.5 Å². The predicted octanol–water partition coefficient (Wildman–Crippen LogP) is 8.24. The summed E-state index contributed by atoms with van der Waals surface area (Å²) in [6.45, 7) is 2.72. The summed E-state index contributed by atoms with van der Waals surface area (Å²) in [6, 6.07) is 33.7. The summed E-state index contributed by atoms with van der Waals surface area (Å²) in [5.41, 5.74) is 7.47. The predicted molar refractivity (Wildman–Crippen MR) is 261 cm³/mol. The number of benzene rings is 5. The van der Waals surface area contributed by atoms with Crippen molar-refractivity contribution in [3.05, 3.63) is 169 Å². The van der Waals surface area contributed by atoms with E-state index in [1.165, 1.54) is 23.3 Å². The fourth-order valence-electron chi connectivity index (χ4n) is 7.86. The quantitative estimate of drug-likeness (QED) is 0.0681. The highest BCUT2D eigenvalue weighted by Gasteiger charge is 2.22. The van der Waals surface area contributed by atoms with Crippen molar-refractivity contribution >= 4 is 51.6 Å². The van der Waals surface area contributed by atoms with Gasteiger partial charge in [0.15, 0.2) is 16.6 Å². The highest BCUT2D eigenvalue weighted by Crippen LogP contribution is 2.30. The van der Waals surface area contributed by atoms with Crippen LogP contribution in [0.3, 0.4) is 0 Å². The van der Waals surface area contributed by atoms with Gasteiger partial charge < -0.3 is 35.6 Å². The highest BCUT2D eigenvalue weighted by molar-refractivity contribution is 7.15. The van der Waals surface area contributed by atoms with Gasteiger partial charge in [0.25, 0.3) is 24.1 Å². The number of amides is 5. The molecule has 3 heterocycles. The lowest BCUT2D eigenvalue weighted by molar-refractivity contribution is 0.0820.